The van der Waals surface area contributed by atoms with Gasteiger partial charge in [0.2, 0.25) is 0 Å². The molecule has 1 aliphatic carbocycles. The first kappa shape index (κ1) is 11.3. The van der Waals surface area contributed by atoms with Crippen LogP contribution in [0.25, 0.3) is 5.65 Å². The van der Waals surface area contributed by atoms with Crippen LogP contribution in [0.5, 0.6) is 0 Å². The molecule has 0 bridgehead atoms. The standard InChI is InChI=1S/C12H17N5O/c1-7(9-3-4-9)6-13-10-5-11-15-16-12(18)17(11)8(2)14-10/h5,7,9,13H,3-4,6H2,1-2H3,(H,16,18). The SMILES string of the molecule is Cc1nc(NCC(C)C2CC2)cc2n[nH]c(=O)n12. The second-order valence-corrected chi connectivity index (χ2v) is 5.11. The summed E-state index contributed by atoms with van der Waals surface area (Å²) in [7, 11) is 0. The zero-order chi connectivity index (χ0) is 12.7. The number of hydrogen-bond donors (Lipinski definition) is 2. The third kappa shape index (κ3) is 1.98. The van der Waals surface area contributed by atoms with Crippen molar-refractivity contribution < 1.29 is 0 Å². The molecular weight excluding hydrogens is 230 g/mol. The van der Waals surface area contributed by atoms with Crippen molar-refractivity contribution in [2.24, 2.45) is 11.8 Å². The van der Waals surface area contributed by atoms with Crippen molar-refractivity contribution >= 4 is 11.5 Å². The fraction of sp³-hybridized carbons (Fsp3) is 0.583. The molecule has 18 heavy (non-hydrogen) atoms. The molecule has 96 valence electrons. The molecule has 2 N–H and O–H groups in total. The van der Waals surface area contributed by atoms with E-state index < -0.39 is 0 Å². The lowest BCUT2D eigenvalue weighted by atomic mass is 10.1. The van der Waals surface area contributed by atoms with Crippen LogP contribution >= 0.6 is 0 Å². The first-order valence-electron chi connectivity index (χ1n) is 6.34. The summed E-state index contributed by atoms with van der Waals surface area (Å²) in [6, 6.07) is 1.80. The summed E-state index contributed by atoms with van der Waals surface area (Å²) in [5, 5.41) is 9.71. The highest BCUT2D eigenvalue weighted by atomic mass is 16.1. The van der Waals surface area contributed by atoms with Gasteiger partial charge in [0.15, 0.2) is 5.65 Å². The fourth-order valence-electron chi connectivity index (χ4n) is 2.29. The number of fused-ring (bicyclic) bond motifs is 1. The van der Waals surface area contributed by atoms with E-state index in [0.717, 1.165) is 18.3 Å². The minimum absolute atomic E-state index is 0.243. The molecule has 0 aliphatic heterocycles. The summed E-state index contributed by atoms with van der Waals surface area (Å²) >= 11 is 0. The van der Waals surface area contributed by atoms with Crippen LogP contribution in [0.3, 0.4) is 0 Å². The molecule has 0 radical (unpaired) electrons. The molecule has 0 amide bonds. The third-order valence-corrected chi connectivity index (χ3v) is 3.60. The normalized spacial score (nSPS) is 17.0. The molecule has 1 aliphatic rings. The number of H-pyrrole nitrogens is 1. The number of hydrogen-bond acceptors (Lipinski definition) is 4. The molecule has 1 saturated carbocycles. The van der Waals surface area contributed by atoms with Gasteiger partial charge in [0.05, 0.1) is 0 Å². The van der Waals surface area contributed by atoms with Gasteiger partial charge in [-0.15, -0.1) is 0 Å². The Morgan fingerprint density at radius 3 is 3.11 bits per heavy atom. The molecule has 1 fully saturated rings. The van der Waals surface area contributed by atoms with Crippen LogP contribution < -0.4 is 11.0 Å². The number of nitrogens with zero attached hydrogens (tertiary/aromatic N) is 3. The largest absolute Gasteiger partial charge is 0.370 e. The zero-order valence-corrected chi connectivity index (χ0v) is 10.6. The molecule has 2 aromatic heterocycles. The van der Waals surface area contributed by atoms with E-state index in [-0.39, 0.29) is 5.69 Å². The Labute approximate surface area is 104 Å². The highest BCUT2D eigenvalue weighted by molar-refractivity contribution is 5.49. The maximum absolute atomic E-state index is 11.5. The van der Waals surface area contributed by atoms with E-state index in [1.807, 2.05) is 0 Å². The zero-order valence-electron chi connectivity index (χ0n) is 10.6. The van der Waals surface area contributed by atoms with Crippen LogP contribution in [0.4, 0.5) is 5.82 Å². The monoisotopic (exact) mass is 247 g/mol. The Morgan fingerprint density at radius 1 is 1.61 bits per heavy atom. The average Bonchev–Trinajstić information content (AvgIpc) is 3.11. The van der Waals surface area contributed by atoms with Gasteiger partial charge in [-0.1, -0.05) is 6.92 Å². The molecule has 6 nitrogen and oxygen atoms in total. The summed E-state index contributed by atoms with van der Waals surface area (Å²) < 4.78 is 1.47. The van der Waals surface area contributed by atoms with E-state index in [4.69, 9.17) is 0 Å². The molecule has 2 heterocycles. The maximum atomic E-state index is 11.5. The number of rotatable bonds is 4. The lowest BCUT2D eigenvalue weighted by molar-refractivity contribution is 0.536. The Bertz CT molecular complexity index is 625. The quantitative estimate of drug-likeness (QED) is 0.850. The first-order valence-corrected chi connectivity index (χ1v) is 6.34. The van der Waals surface area contributed by atoms with E-state index in [1.54, 1.807) is 13.0 Å². The van der Waals surface area contributed by atoms with Gasteiger partial charge in [0.25, 0.3) is 0 Å². The second kappa shape index (κ2) is 4.12. The minimum atomic E-state index is -0.243. The molecule has 3 rings (SSSR count). The Hall–Kier alpha value is -1.85. The molecule has 1 atom stereocenters. The van der Waals surface area contributed by atoms with Crippen LogP contribution in [0.1, 0.15) is 25.6 Å². The van der Waals surface area contributed by atoms with Gasteiger partial charge in [0.1, 0.15) is 11.6 Å². The van der Waals surface area contributed by atoms with Gasteiger partial charge >= 0.3 is 5.69 Å². The van der Waals surface area contributed by atoms with Crippen LogP contribution in [0.15, 0.2) is 10.9 Å². The van der Waals surface area contributed by atoms with E-state index in [9.17, 15) is 4.79 Å². The third-order valence-electron chi connectivity index (χ3n) is 3.60. The summed E-state index contributed by atoms with van der Waals surface area (Å²) in [5.41, 5.74) is 0.363. The van der Waals surface area contributed by atoms with Gasteiger partial charge in [-0.3, -0.25) is 0 Å². The Kier molecular flexibility index (Phi) is 2.57. The topological polar surface area (TPSA) is 75.1 Å². The number of nitrogens with one attached hydrogen (secondary N) is 2. The second-order valence-electron chi connectivity index (χ2n) is 5.11. The smallest absolute Gasteiger partial charge is 0.349 e. The van der Waals surface area contributed by atoms with Crippen molar-refractivity contribution in [1.29, 1.82) is 0 Å². The Balaban J connectivity index is 1.81. The summed E-state index contributed by atoms with van der Waals surface area (Å²) in [4.78, 5) is 15.8. The van der Waals surface area contributed by atoms with Crippen LogP contribution in [-0.2, 0) is 0 Å². The highest BCUT2D eigenvalue weighted by Crippen LogP contribution is 2.36. The lowest BCUT2D eigenvalue weighted by Gasteiger charge is -2.12. The number of aromatic nitrogens is 4. The summed E-state index contributed by atoms with van der Waals surface area (Å²) in [6.07, 6.45) is 2.70. The molecule has 0 aromatic carbocycles. The van der Waals surface area contributed by atoms with E-state index in [2.05, 4.69) is 27.4 Å². The van der Waals surface area contributed by atoms with Crippen molar-refractivity contribution in [2.75, 3.05) is 11.9 Å². The van der Waals surface area contributed by atoms with E-state index in [0.29, 0.717) is 17.4 Å². The van der Waals surface area contributed by atoms with Gasteiger partial charge in [-0.2, -0.15) is 5.10 Å². The summed E-state index contributed by atoms with van der Waals surface area (Å²) in [5.74, 6) is 2.97. The number of aromatic amines is 1. The van der Waals surface area contributed by atoms with Gasteiger partial charge in [-0.25, -0.2) is 19.3 Å². The van der Waals surface area contributed by atoms with Gasteiger partial charge in [0, 0.05) is 12.6 Å². The maximum Gasteiger partial charge on any atom is 0.349 e. The fourth-order valence-corrected chi connectivity index (χ4v) is 2.29. The van der Waals surface area contributed by atoms with Gasteiger partial charge < -0.3 is 5.32 Å². The van der Waals surface area contributed by atoms with E-state index >= 15 is 0 Å². The average molecular weight is 247 g/mol. The number of anilines is 1. The molecule has 0 saturated heterocycles. The highest BCUT2D eigenvalue weighted by Gasteiger charge is 2.27. The molecular formula is C12H17N5O. The van der Waals surface area contributed by atoms with Gasteiger partial charge in [-0.05, 0) is 31.6 Å². The summed E-state index contributed by atoms with van der Waals surface area (Å²) in [6.45, 7) is 4.98. The minimum Gasteiger partial charge on any atom is -0.370 e. The molecule has 0 spiro atoms. The van der Waals surface area contributed by atoms with Crippen molar-refractivity contribution in [3.05, 3.63) is 22.4 Å². The van der Waals surface area contributed by atoms with Crippen molar-refractivity contribution in [3.8, 4) is 0 Å². The van der Waals surface area contributed by atoms with E-state index in [1.165, 1.54) is 17.2 Å². The number of aryl methyl sites for hydroxylation is 1. The lowest BCUT2D eigenvalue weighted by Crippen LogP contribution is -2.16. The Morgan fingerprint density at radius 2 is 2.39 bits per heavy atom. The molecule has 6 heteroatoms. The van der Waals surface area contributed by atoms with Crippen molar-refractivity contribution in [1.82, 2.24) is 19.6 Å². The van der Waals surface area contributed by atoms with Crippen LogP contribution in [0.2, 0.25) is 0 Å². The van der Waals surface area contributed by atoms with Crippen molar-refractivity contribution in [3.63, 3.8) is 0 Å². The van der Waals surface area contributed by atoms with Crippen LogP contribution in [0, 0.1) is 18.8 Å². The molecule has 2 aromatic rings. The predicted octanol–water partition coefficient (Wildman–Crippen LogP) is 1.18. The molecule has 1 unspecified atom stereocenters. The first-order chi connectivity index (χ1) is 8.65. The van der Waals surface area contributed by atoms with Crippen molar-refractivity contribution in [2.45, 2.75) is 26.7 Å². The predicted molar refractivity (Wildman–Crippen MR) is 68.7 cm³/mol. The van der Waals surface area contributed by atoms with Crippen LogP contribution in [-0.4, -0.2) is 26.1 Å².